The summed E-state index contributed by atoms with van der Waals surface area (Å²) in [5.74, 6) is 3.62. The second kappa shape index (κ2) is 6.41. The summed E-state index contributed by atoms with van der Waals surface area (Å²) in [6, 6.07) is 20.0. The number of ether oxygens (including phenoxy) is 4. The lowest BCUT2D eigenvalue weighted by Gasteiger charge is -2.51. The molecule has 4 aliphatic rings. The van der Waals surface area contributed by atoms with E-state index in [2.05, 4.69) is 54.6 Å². The van der Waals surface area contributed by atoms with E-state index in [9.17, 15) is 0 Å². The Morgan fingerprint density at radius 2 is 1.61 bits per heavy atom. The van der Waals surface area contributed by atoms with Crippen molar-refractivity contribution < 1.29 is 23.4 Å². The molecule has 156 valence electrons. The molecule has 0 bridgehead atoms. The quantitative estimate of drug-likeness (QED) is 0.578. The molecule has 0 aromatic heterocycles. The van der Waals surface area contributed by atoms with Crippen LogP contribution in [0.1, 0.15) is 33.9 Å². The zero-order valence-electron chi connectivity index (χ0n) is 17.3. The Morgan fingerprint density at radius 1 is 0.806 bits per heavy atom. The zero-order chi connectivity index (χ0) is 20.4. The Hall–Kier alpha value is -3.18. The summed E-state index contributed by atoms with van der Waals surface area (Å²) in [5, 5.41) is 0. The van der Waals surface area contributed by atoms with Gasteiger partial charge in [-0.25, -0.2) is 0 Å². The van der Waals surface area contributed by atoms with Crippen LogP contribution >= 0.6 is 0 Å². The van der Waals surface area contributed by atoms with Crippen molar-refractivity contribution in [3.63, 3.8) is 0 Å². The van der Waals surface area contributed by atoms with Gasteiger partial charge in [-0.05, 0) is 29.3 Å². The molecule has 2 unspecified atom stereocenters. The van der Waals surface area contributed by atoms with Crippen molar-refractivity contribution >= 4 is 0 Å². The van der Waals surface area contributed by atoms with Gasteiger partial charge in [-0.15, -0.1) is 0 Å². The maximum Gasteiger partial charge on any atom is 0.231 e. The number of quaternary nitrogens is 1. The minimum atomic E-state index is 0.319. The van der Waals surface area contributed by atoms with Crippen molar-refractivity contribution in [2.75, 3.05) is 20.1 Å². The first kappa shape index (κ1) is 17.5. The molecule has 0 amide bonds. The lowest BCUT2D eigenvalue weighted by atomic mass is 9.80. The topological polar surface area (TPSA) is 36.9 Å². The molecule has 5 nitrogen and oxygen atoms in total. The smallest absolute Gasteiger partial charge is 0.231 e. The molecule has 0 aliphatic carbocycles. The summed E-state index contributed by atoms with van der Waals surface area (Å²) in [6.07, 6.45) is 2.03. The van der Waals surface area contributed by atoms with Crippen molar-refractivity contribution in [3.8, 4) is 23.0 Å². The molecule has 5 heteroatoms. The van der Waals surface area contributed by atoms with Crippen molar-refractivity contribution in [2.24, 2.45) is 0 Å². The van der Waals surface area contributed by atoms with Crippen molar-refractivity contribution in [1.29, 1.82) is 0 Å². The normalized spacial score (nSPS) is 24.3. The first-order valence-electron chi connectivity index (χ1n) is 11.0. The highest BCUT2D eigenvalue weighted by atomic mass is 16.7. The Labute approximate surface area is 181 Å². The van der Waals surface area contributed by atoms with Crippen LogP contribution in [0.25, 0.3) is 0 Å². The summed E-state index contributed by atoms with van der Waals surface area (Å²) in [5.41, 5.74) is 6.90. The fraction of sp³-hybridized carbons (Fsp3) is 0.308. The molecular formula is C26H24NO4+. The number of hydrogen-bond donors (Lipinski definition) is 0. The third-order valence-electron chi connectivity index (χ3n) is 7.45. The molecule has 7 rings (SSSR count). The van der Waals surface area contributed by atoms with E-state index in [-0.39, 0.29) is 0 Å². The molecule has 4 aliphatic heterocycles. The molecule has 3 aromatic carbocycles. The Kier molecular flexibility index (Phi) is 3.62. The van der Waals surface area contributed by atoms with Crippen LogP contribution in [0.2, 0.25) is 0 Å². The first-order valence-corrected chi connectivity index (χ1v) is 11.0. The van der Waals surface area contributed by atoms with Gasteiger partial charge in [0.2, 0.25) is 13.6 Å². The van der Waals surface area contributed by atoms with Crippen molar-refractivity contribution in [3.05, 3.63) is 82.4 Å². The van der Waals surface area contributed by atoms with Crippen LogP contribution in [0.3, 0.4) is 0 Å². The van der Waals surface area contributed by atoms with E-state index in [1.807, 2.05) is 0 Å². The van der Waals surface area contributed by atoms with Crippen LogP contribution in [-0.4, -0.2) is 24.6 Å². The number of benzene rings is 3. The minimum absolute atomic E-state index is 0.319. The predicted octanol–water partition coefficient (Wildman–Crippen LogP) is 4.51. The average Bonchev–Trinajstić information content (AvgIpc) is 3.46. The molecule has 0 saturated heterocycles. The number of rotatable bonds is 2. The molecule has 0 radical (unpaired) electrons. The molecule has 0 spiro atoms. The third-order valence-corrected chi connectivity index (χ3v) is 7.45. The summed E-state index contributed by atoms with van der Waals surface area (Å²) < 4.78 is 24.1. The maximum absolute atomic E-state index is 5.93. The second-order valence-corrected chi connectivity index (χ2v) is 9.06. The number of nitrogens with zero attached hydrogens (tertiary/aromatic N) is 1. The van der Waals surface area contributed by atoms with E-state index in [0.717, 1.165) is 60.0 Å². The molecule has 4 heterocycles. The largest absolute Gasteiger partial charge is 0.454 e. The lowest BCUT2D eigenvalue weighted by Crippen LogP contribution is -2.55. The van der Waals surface area contributed by atoms with Gasteiger partial charge in [0.05, 0.1) is 12.1 Å². The average molecular weight is 414 g/mol. The molecule has 0 fully saturated rings. The van der Waals surface area contributed by atoms with Crippen LogP contribution in [0.5, 0.6) is 23.0 Å². The van der Waals surface area contributed by atoms with Gasteiger partial charge in [0, 0.05) is 24.0 Å². The second-order valence-electron chi connectivity index (χ2n) is 9.06. The predicted molar refractivity (Wildman–Crippen MR) is 114 cm³/mol. The Bertz CT molecular complexity index is 1190. The summed E-state index contributed by atoms with van der Waals surface area (Å²) in [6.45, 7) is 3.69. The number of hydrogen-bond acceptors (Lipinski definition) is 4. The van der Waals surface area contributed by atoms with Crippen LogP contribution in [0.4, 0.5) is 0 Å². The van der Waals surface area contributed by atoms with E-state index in [0.29, 0.717) is 19.6 Å². The highest BCUT2D eigenvalue weighted by molar-refractivity contribution is 5.55. The molecule has 0 N–H and O–H groups in total. The fourth-order valence-electron chi connectivity index (χ4n) is 5.96. The van der Waals surface area contributed by atoms with Crippen LogP contribution < -0.4 is 18.9 Å². The van der Waals surface area contributed by atoms with Gasteiger partial charge in [-0.1, -0.05) is 36.4 Å². The van der Waals surface area contributed by atoms with Gasteiger partial charge in [0.25, 0.3) is 0 Å². The summed E-state index contributed by atoms with van der Waals surface area (Å²) >= 11 is 0. The molecule has 31 heavy (non-hydrogen) atoms. The minimum Gasteiger partial charge on any atom is -0.454 e. The van der Waals surface area contributed by atoms with Gasteiger partial charge in [0.15, 0.2) is 23.0 Å². The third kappa shape index (κ3) is 2.59. The van der Waals surface area contributed by atoms with Gasteiger partial charge < -0.3 is 23.4 Å². The molecular weight excluding hydrogens is 390 g/mol. The highest BCUT2D eigenvalue weighted by Crippen LogP contribution is 2.51. The monoisotopic (exact) mass is 414 g/mol. The van der Waals surface area contributed by atoms with E-state index < -0.39 is 0 Å². The zero-order valence-corrected chi connectivity index (χ0v) is 17.3. The first-order chi connectivity index (χ1) is 15.3. The number of fused-ring (bicyclic) bond motifs is 7. The van der Waals surface area contributed by atoms with Crippen LogP contribution in [0.15, 0.2) is 54.6 Å². The van der Waals surface area contributed by atoms with Crippen molar-refractivity contribution in [2.45, 2.75) is 32.0 Å². The Morgan fingerprint density at radius 3 is 2.52 bits per heavy atom. The van der Waals surface area contributed by atoms with Gasteiger partial charge in [0.1, 0.15) is 19.1 Å². The molecule has 0 saturated carbocycles. The van der Waals surface area contributed by atoms with E-state index >= 15 is 0 Å². The molecule has 3 aromatic rings. The van der Waals surface area contributed by atoms with Crippen molar-refractivity contribution in [1.82, 2.24) is 0 Å². The maximum atomic E-state index is 5.93. The molecule has 2 atom stereocenters. The summed E-state index contributed by atoms with van der Waals surface area (Å²) in [7, 11) is 0. The van der Waals surface area contributed by atoms with E-state index in [1.165, 1.54) is 27.8 Å². The van der Waals surface area contributed by atoms with Crippen LogP contribution in [-0.2, 0) is 25.9 Å². The van der Waals surface area contributed by atoms with Gasteiger partial charge in [-0.3, -0.25) is 0 Å². The van der Waals surface area contributed by atoms with E-state index in [1.54, 1.807) is 0 Å². The van der Waals surface area contributed by atoms with Crippen LogP contribution in [0, 0.1) is 0 Å². The SMILES string of the molecule is c1ccc(C[N+]23CCc4cc5c(cc4C2Cc2ccc4c(c2C3)OCO4)OCO5)cc1. The van der Waals surface area contributed by atoms with Gasteiger partial charge in [-0.2, -0.15) is 0 Å². The van der Waals surface area contributed by atoms with E-state index in [4.69, 9.17) is 18.9 Å². The van der Waals surface area contributed by atoms with Gasteiger partial charge >= 0.3 is 0 Å². The lowest BCUT2D eigenvalue weighted by molar-refractivity contribution is -0.985. The standard InChI is InChI=1S/C26H24NO4/c1-2-4-17(5-3-1)13-27-9-8-19-11-24-25(30-15-29-24)12-20(19)22(27)10-18-6-7-23-26(21(18)14-27)31-16-28-23/h1-7,11-12,22H,8-10,13-16H2/q+1. The summed E-state index contributed by atoms with van der Waals surface area (Å²) in [4.78, 5) is 0. The highest BCUT2D eigenvalue weighted by Gasteiger charge is 2.48. The fourth-order valence-corrected chi connectivity index (χ4v) is 5.96. The Balaban J connectivity index is 1.39.